The number of hydrogen-bond acceptors (Lipinski definition) is 2. The van der Waals surface area contributed by atoms with Crippen molar-refractivity contribution in [3.8, 4) is 11.1 Å². The van der Waals surface area contributed by atoms with Crippen molar-refractivity contribution in [1.82, 2.24) is 0 Å². The molecule has 0 N–H and O–H groups in total. The van der Waals surface area contributed by atoms with Crippen LogP contribution in [-0.4, -0.2) is 8.07 Å². The van der Waals surface area contributed by atoms with Crippen molar-refractivity contribution in [3.05, 3.63) is 271 Å². The molecule has 0 saturated heterocycles. The van der Waals surface area contributed by atoms with E-state index in [1.807, 2.05) is 11.8 Å². The monoisotopic (exact) mass is 823 g/mol. The zero-order chi connectivity index (χ0) is 41.1. The molecule has 0 aliphatic carbocycles. The van der Waals surface area contributed by atoms with E-state index in [9.17, 15) is 0 Å². The molecule has 0 radical (unpaired) electrons. The maximum atomic E-state index is 2.46. The Kier molecular flexibility index (Phi) is 8.74. The topological polar surface area (TPSA) is 3.24 Å². The average Bonchev–Trinajstić information content (AvgIpc) is 3.35. The standard InChI is InChI=1S/C59H41NSSi/c1-4-19-42(20-5-1)43-35-37-45(38-36-43)60(54-31-18-22-44-21-10-11-27-49(44)54)46-39-40-51-56(41-46)61-55-32-15-12-28-50(55)59(51)52-29-13-16-33-57(52)62(47-23-6-2-7-24-47,48-25-8-3-9-26-48)58-34-17-14-30-53(58)59/h1-41H. The minimum Gasteiger partial charge on any atom is -0.310 e. The second-order valence-electron chi connectivity index (χ2n) is 16.3. The van der Waals surface area contributed by atoms with E-state index in [1.54, 1.807) is 0 Å². The molecule has 62 heavy (non-hydrogen) atoms. The van der Waals surface area contributed by atoms with Crippen LogP contribution in [0.1, 0.15) is 22.3 Å². The van der Waals surface area contributed by atoms with Gasteiger partial charge in [0.1, 0.15) is 0 Å². The van der Waals surface area contributed by atoms with E-state index in [4.69, 9.17) is 0 Å². The third-order valence-electron chi connectivity index (χ3n) is 13.3. The highest BCUT2D eigenvalue weighted by atomic mass is 32.2. The number of nitrogens with zero attached hydrogens (tertiary/aromatic N) is 1. The highest BCUT2D eigenvalue weighted by molar-refractivity contribution is 7.99. The first kappa shape index (κ1) is 36.7. The minimum atomic E-state index is -2.82. The lowest BCUT2D eigenvalue weighted by molar-refractivity contribution is 0.707. The SMILES string of the molecule is c1ccc(-c2ccc(N(c3ccc4c(c3)Sc3ccccc3C43c4ccccc4[Si](c4ccccc4)(c4ccccc4)c4ccccc43)c3cccc4ccccc34)cc2)cc1. The molecule has 12 rings (SSSR count). The van der Waals surface area contributed by atoms with Gasteiger partial charge in [-0.05, 0) is 95.9 Å². The summed E-state index contributed by atoms with van der Waals surface area (Å²) >= 11 is 1.90. The summed E-state index contributed by atoms with van der Waals surface area (Å²) in [6.07, 6.45) is 0. The molecule has 0 bridgehead atoms. The van der Waals surface area contributed by atoms with Crippen LogP contribution < -0.4 is 25.6 Å². The number of hydrogen-bond donors (Lipinski definition) is 0. The Labute approximate surface area is 368 Å². The van der Waals surface area contributed by atoms with E-state index in [1.165, 1.54) is 74.7 Å². The quantitative estimate of drug-likeness (QED) is 0.154. The van der Waals surface area contributed by atoms with Crippen LogP contribution in [0.5, 0.6) is 0 Å². The predicted molar refractivity (Wildman–Crippen MR) is 264 cm³/mol. The summed E-state index contributed by atoms with van der Waals surface area (Å²) in [5, 5.41) is 8.13. The molecule has 0 atom stereocenters. The lowest BCUT2D eigenvalue weighted by atomic mass is 9.64. The second-order valence-corrected chi connectivity index (χ2v) is 21.2. The van der Waals surface area contributed by atoms with E-state index in [2.05, 4.69) is 254 Å². The summed E-state index contributed by atoms with van der Waals surface area (Å²) in [4.78, 5) is 5.02. The zero-order valence-electron chi connectivity index (χ0n) is 34.0. The Bertz CT molecular complexity index is 3180. The first-order valence-electron chi connectivity index (χ1n) is 21.4. The highest BCUT2D eigenvalue weighted by Crippen LogP contribution is 2.57. The molecule has 10 aromatic rings. The summed E-state index contributed by atoms with van der Waals surface area (Å²) in [5.41, 5.74) is 10.7. The molecule has 0 saturated carbocycles. The fourth-order valence-electron chi connectivity index (χ4n) is 10.7. The summed E-state index contributed by atoms with van der Waals surface area (Å²) in [6, 6.07) is 93.2. The summed E-state index contributed by atoms with van der Waals surface area (Å²) in [6.45, 7) is 0. The van der Waals surface area contributed by atoms with Gasteiger partial charge in [-0.2, -0.15) is 0 Å². The first-order valence-corrected chi connectivity index (χ1v) is 24.2. The molecule has 1 spiro atoms. The average molecular weight is 824 g/mol. The van der Waals surface area contributed by atoms with Crippen LogP contribution in [0.2, 0.25) is 0 Å². The lowest BCUT2D eigenvalue weighted by Gasteiger charge is -2.51. The second kappa shape index (κ2) is 14.8. The van der Waals surface area contributed by atoms with Gasteiger partial charge in [0.2, 0.25) is 0 Å². The van der Waals surface area contributed by atoms with Gasteiger partial charge in [-0.3, -0.25) is 0 Å². The van der Waals surface area contributed by atoms with Crippen LogP contribution in [0, 0.1) is 0 Å². The largest absolute Gasteiger partial charge is 0.310 e. The lowest BCUT2D eigenvalue weighted by Crippen LogP contribution is -2.79. The van der Waals surface area contributed by atoms with Gasteiger partial charge < -0.3 is 4.90 Å². The molecule has 2 aliphatic rings. The normalized spacial score (nSPS) is 14.0. The Hall–Kier alpha value is -7.17. The number of fused-ring (bicyclic) bond motifs is 9. The van der Waals surface area contributed by atoms with Crippen molar-refractivity contribution in [2.24, 2.45) is 0 Å². The molecule has 0 amide bonds. The van der Waals surface area contributed by atoms with Gasteiger partial charge in [0, 0.05) is 26.6 Å². The molecule has 0 aromatic heterocycles. The van der Waals surface area contributed by atoms with Crippen molar-refractivity contribution in [1.29, 1.82) is 0 Å². The fourth-order valence-corrected chi connectivity index (χ4v) is 17.3. The number of benzene rings is 10. The van der Waals surface area contributed by atoms with E-state index in [0.29, 0.717) is 0 Å². The molecule has 1 nitrogen and oxygen atoms in total. The molecule has 2 heterocycles. The zero-order valence-corrected chi connectivity index (χ0v) is 35.8. The molecule has 10 aromatic carbocycles. The van der Waals surface area contributed by atoms with E-state index in [-0.39, 0.29) is 0 Å². The number of anilines is 3. The third kappa shape index (κ3) is 5.42. The van der Waals surface area contributed by atoms with Crippen molar-refractivity contribution in [3.63, 3.8) is 0 Å². The molecule has 0 unspecified atom stereocenters. The molecule has 3 heteroatoms. The van der Waals surface area contributed by atoms with Crippen LogP contribution in [0.15, 0.2) is 259 Å². The van der Waals surface area contributed by atoms with Gasteiger partial charge in [-0.25, -0.2) is 0 Å². The van der Waals surface area contributed by atoms with E-state index < -0.39 is 13.5 Å². The first-order chi connectivity index (χ1) is 30.8. The third-order valence-corrected chi connectivity index (χ3v) is 19.3. The smallest absolute Gasteiger partial charge is 0.180 e. The van der Waals surface area contributed by atoms with Crippen molar-refractivity contribution < 1.29 is 0 Å². The maximum absolute atomic E-state index is 2.82. The Morgan fingerprint density at radius 2 is 0.855 bits per heavy atom. The van der Waals surface area contributed by atoms with Crippen LogP contribution in [0.25, 0.3) is 21.9 Å². The van der Waals surface area contributed by atoms with Gasteiger partial charge in [-0.15, -0.1) is 0 Å². The van der Waals surface area contributed by atoms with Crippen LogP contribution in [0.4, 0.5) is 17.1 Å². The maximum Gasteiger partial charge on any atom is 0.180 e. The fraction of sp³-hybridized carbons (Fsp3) is 0.0169. The van der Waals surface area contributed by atoms with Crippen LogP contribution in [0.3, 0.4) is 0 Å². The Morgan fingerprint density at radius 3 is 1.53 bits per heavy atom. The van der Waals surface area contributed by atoms with Gasteiger partial charge in [-0.1, -0.05) is 224 Å². The van der Waals surface area contributed by atoms with Gasteiger partial charge >= 0.3 is 0 Å². The Balaban J connectivity index is 1.13. The summed E-state index contributed by atoms with van der Waals surface area (Å²) < 4.78 is 0. The van der Waals surface area contributed by atoms with Gasteiger partial charge in [0.15, 0.2) is 8.07 Å². The Morgan fingerprint density at radius 1 is 0.355 bits per heavy atom. The predicted octanol–water partition coefficient (Wildman–Crippen LogP) is 12.5. The molecule has 292 valence electrons. The van der Waals surface area contributed by atoms with Crippen molar-refractivity contribution in [2.45, 2.75) is 15.2 Å². The van der Waals surface area contributed by atoms with Gasteiger partial charge in [0.25, 0.3) is 0 Å². The molecular formula is C59H41NSSi. The minimum absolute atomic E-state index is 0.551. The molecule has 0 fully saturated rings. The van der Waals surface area contributed by atoms with E-state index in [0.717, 1.165) is 17.1 Å². The van der Waals surface area contributed by atoms with Crippen molar-refractivity contribution in [2.75, 3.05) is 4.90 Å². The van der Waals surface area contributed by atoms with Gasteiger partial charge in [0.05, 0.1) is 11.1 Å². The molecular weight excluding hydrogens is 783 g/mol. The van der Waals surface area contributed by atoms with Crippen molar-refractivity contribution >= 4 is 68.4 Å². The highest BCUT2D eigenvalue weighted by Gasteiger charge is 2.57. The van der Waals surface area contributed by atoms with Crippen LogP contribution in [-0.2, 0) is 5.41 Å². The summed E-state index contributed by atoms with van der Waals surface area (Å²) in [5.74, 6) is 0. The number of rotatable bonds is 6. The summed E-state index contributed by atoms with van der Waals surface area (Å²) in [7, 11) is -2.82. The van der Waals surface area contributed by atoms with E-state index >= 15 is 0 Å². The molecule has 2 aliphatic heterocycles. The van der Waals surface area contributed by atoms with Crippen LogP contribution >= 0.6 is 11.8 Å².